The Morgan fingerprint density at radius 2 is 1.27 bits per heavy atom. The molecule has 0 aromatic heterocycles. The lowest BCUT2D eigenvalue weighted by Gasteiger charge is -2.14. The van der Waals surface area contributed by atoms with E-state index in [9.17, 15) is 0 Å². The van der Waals surface area contributed by atoms with Gasteiger partial charge in [0.15, 0.2) is 0 Å². The highest BCUT2D eigenvalue weighted by atomic mass is 35.5. The average Bonchev–Trinajstić information content (AvgIpc) is 2.23. The van der Waals surface area contributed by atoms with Gasteiger partial charge in [-0.15, -0.1) is 58.0 Å². The van der Waals surface area contributed by atoms with Crippen LogP contribution in [-0.4, -0.2) is 27.9 Å². The van der Waals surface area contributed by atoms with Crippen LogP contribution < -0.4 is 0 Å². The third-order valence-corrected chi connectivity index (χ3v) is 4.49. The minimum Gasteiger partial charge on any atom is -0.127 e. The molecule has 0 fully saturated rings. The molecule has 0 heterocycles. The molecule has 92 valence electrons. The minimum atomic E-state index is -0.0241. The summed E-state index contributed by atoms with van der Waals surface area (Å²) < 4.78 is 0. The molecule has 3 unspecified atom stereocenters. The molecule has 0 aromatic carbocycles. The SMILES string of the molecule is ClCCC(Cl)C(Cl)CCCCC(Cl)CCl. The topological polar surface area (TPSA) is 0 Å². The number of hydrogen-bond acceptors (Lipinski definition) is 0. The summed E-state index contributed by atoms with van der Waals surface area (Å²) in [6, 6.07) is 0. The van der Waals surface area contributed by atoms with Crippen LogP contribution in [0.2, 0.25) is 0 Å². The summed E-state index contributed by atoms with van der Waals surface area (Å²) in [5.41, 5.74) is 0. The molecule has 0 N–H and O–H groups in total. The van der Waals surface area contributed by atoms with Crippen LogP contribution in [0, 0.1) is 0 Å². The first-order chi connectivity index (χ1) is 7.11. The van der Waals surface area contributed by atoms with E-state index in [0.717, 1.165) is 32.1 Å². The fraction of sp³-hybridized carbons (Fsp3) is 1.00. The fourth-order valence-corrected chi connectivity index (χ4v) is 2.42. The number of alkyl halides is 5. The number of hydrogen-bond donors (Lipinski definition) is 0. The molecular weight excluding hydrogens is 297 g/mol. The highest BCUT2D eigenvalue weighted by molar-refractivity contribution is 6.30. The van der Waals surface area contributed by atoms with Gasteiger partial charge in [-0.3, -0.25) is 0 Å². The van der Waals surface area contributed by atoms with E-state index >= 15 is 0 Å². The molecular formula is C10H17Cl5. The predicted molar refractivity (Wildman–Crippen MR) is 73.4 cm³/mol. The normalized spacial score (nSPS) is 17.4. The smallest absolute Gasteiger partial charge is 0.0511 e. The molecule has 5 heteroatoms. The van der Waals surface area contributed by atoms with Crippen LogP contribution in [0.3, 0.4) is 0 Å². The molecule has 15 heavy (non-hydrogen) atoms. The van der Waals surface area contributed by atoms with Crippen molar-refractivity contribution in [3.63, 3.8) is 0 Å². The Labute approximate surface area is 118 Å². The average molecular weight is 315 g/mol. The van der Waals surface area contributed by atoms with Crippen molar-refractivity contribution in [1.82, 2.24) is 0 Å². The zero-order valence-electron chi connectivity index (χ0n) is 8.57. The van der Waals surface area contributed by atoms with Crippen molar-refractivity contribution >= 4 is 58.0 Å². The van der Waals surface area contributed by atoms with Gasteiger partial charge in [-0.25, -0.2) is 0 Å². The second-order valence-corrected chi connectivity index (χ2v) is 5.97. The van der Waals surface area contributed by atoms with Crippen molar-refractivity contribution in [3.05, 3.63) is 0 Å². The van der Waals surface area contributed by atoms with E-state index in [-0.39, 0.29) is 16.1 Å². The molecule has 0 radical (unpaired) electrons. The molecule has 0 nitrogen and oxygen atoms in total. The maximum atomic E-state index is 6.11. The third kappa shape index (κ3) is 9.18. The van der Waals surface area contributed by atoms with E-state index in [1.54, 1.807) is 0 Å². The monoisotopic (exact) mass is 312 g/mol. The second kappa shape index (κ2) is 10.6. The molecule has 0 bridgehead atoms. The summed E-state index contributed by atoms with van der Waals surface area (Å²) >= 11 is 29.2. The van der Waals surface area contributed by atoms with Gasteiger partial charge in [-0.05, 0) is 19.3 Å². The molecule has 0 amide bonds. The van der Waals surface area contributed by atoms with Crippen molar-refractivity contribution < 1.29 is 0 Å². The summed E-state index contributed by atoms with van der Waals surface area (Å²) in [4.78, 5) is 0. The lowest BCUT2D eigenvalue weighted by molar-refractivity contribution is 0.598. The van der Waals surface area contributed by atoms with E-state index in [1.165, 1.54) is 0 Å². The van der Waals surface area contributed by atoms with E-state index < -0.39 is 0 Å². The van der Waals surface area contributed by atoms with Crippen molar-refractivity contribution in [3.8, 4) is 0 Å². The Morgan fingerprint density at radius 3 is 1.80 bits per heavy atom. The molecule has 0 aliphatic rings. The van der Waals surface area contributed by atoms with Gasteiger partial charge in [0, 0.05) is 22.5 Å². The van der Waals surface area contributed by atoms with E-state index in [1.807, 2.05) is 0 Å². The molecule has 0 saturated carbocycles. The largest absolute Gasteiger partial charge is 0.127 e. The van der Waals surface area contributed by atoms with Gasteiger partial charge in [-0.1, -0.05) is 12.8 Å². The Kier molecular flexibility index (Phi) is 11.6. The standard InChI is InChI=1S/C10H17Cl5/c11-6-5-10(15)9(14)4-2-1-3-8(13)7-12/h8-10H,1-7H2. The van der Waals surface area contributed by atoms with Crippen LogP contribution in [0.5, 0.6) is 0 Å². The zero-order valence-corrected chi connectivity index (χ0v) is 12.4. The second-order valence-electron chi connectivity index (χ2n) is 3.55. The highest BCUT2D eigenvalue weighted by Gasteiger charge is 2.15. The fourth-order valence-electron chi connectivity index (χ4n) is 1.25. The van der Waals surface area contributed by atoms with Gasteiger partial charge in [-0.2, -0.15) is 0 Å². The van der Waals surface area contributed by atoms with Crippen molar-refractivity contribution in [2.45, 2.75) is 48.2 Å². The Hall–Kier alpha value is 1.45. The zero-order chi connectivity index (χ0) is 11.7. The molecule has 0 aromatic rings. The van der Waals surface area contributed by atoms with E-state index in [4.69, 9.17) is 58.0 Å². The van der Waals surface area contributed by atoms with Gasteiger partial charge in [0.25, 0.3) is 0 Å². The quantitative estimate of drug-likeness (QED) is 0.403. The first-order valence-electron chi connectivity index (χ1n) is 5.16. The molecule has 3 atom stereocenters. The molecule has 0 saturated heterocycles. The van der Waals surface area contributed by atoms with Crippen molar-refractivity contribution in [2.24, 2.45) is 0 Å². The lowest BCUT2D eigenvalue weighted by atomic mass is 10.1. The van der Waals surface area contributed by atoms with Crippen molar-refractivity contribution in [1.29, 1.82) is 0 Å². The summed E-state index contributed by atoms with van der Waals surface area (Å²) in [5.74, 6) is 1.07. The summed E-state index contributed by atoms with van der Waals surface area (Å²) in [5, 5.41) is 0.0641. The number of halogens is 5. The highest BCUT2D eigenvalue weighted by Crippen LogP contribution is 2.21. The lowest BCUT2D eigenvalue weighted by Crippen LogP contribution is -2.15. The maximum Gasteiger partial charge on any atom is 0.0511 e. The molecule has 0 spiro atoms. The Morgan fingerprint density at radius 1 is 0.733 bits per heavy atom. The minimum absolute atomic E-state index is 0.00944. The summed E-state index contributed by atoms with van der Waals surface area (Å²) in [6.45, 7) is 0. The molecule has 0 aliphatic carbocycles. The van der Waals surface area contributed by atoms with Crippen LogP contribution in [0.4, 0.5) is 0 Å². The van der Waals surface area contributed by atoms with Gasteiger partial charge in [0.1, 0.15) is 0 Å². The Balaban J connectivity index is 3.41. The first-order valence-corrected chi connectivity index (χ1v) is 7.53. The summed E-state index contributed by atoms with van der Waals surface area (Å²) in [6.07, 6.45) is 4.71. The van der Waals surface area contributed by atoms with E-state index in [2.05, 4.69) is 0 Å². The van der Waals surface area contributed by atoms with Gasteiger partial charge in [0.05, 0.1) is 5.38 Å². The predicted octanol–water partition coefficient (Wildman–Crippen LogP) is 5.24. The first kappa shape index (κ1) is 16.4. The van der Waals surface area contributed by atoms with Crippen molar-refractivity contribution in [2.75, 3.05) is 11.8 Å². The Bertz CT molecular complexity index is 142. The maximum absolute atomic E-state index is 6.11. The van der Waals surface area contributed by atoms with Gasteiger partial charge < -0.3 is 0 Å². The van der Waals surface area contributed by atoms with Gasteiger partial charge >= 0.3 is 0 Å². The number of rotatable bonds is 9. The summed E-state index contributed by atoms with van der Waals surface area (Å²) in [7, 11) is 0. The van der Waals surface area contributed by atoms with Crippen LogP contribution in [-0.2, 0) is 0 Å². The molecule has 0 aliphatic heterocycles. The van der Waals surface area contributed by atoms with E-state index in [0.29, 0.717) is 11.8 Å². The van der Waals surface area contributed by atoms with Crippen LogP contribution >= 0.6 is 58.0 Å². The molecule has 0 rings (SSSR count). The number of unbranched alkanes of at least 4 members (excludes halogenated alkanes) is 1. The van der Waals surface area contributed by atoms with Gasteiger partial charge in [0.2, 0.25) is 0 Å². The van der Waals surface area contributed by atoms with Crippen LogP contribution in [0.25, 0.3) is 0 Å². The van der Waals surface area contributed by atoms with Crippen LogP contribution in [0.15, 0.2) is 0 Å². The third-order valence-electron chi connectivity index (χ3n) is 2.19. The van der Waals surface area contributed by atoms with Crippen LogP contribution in [0.1, 0.15) is 32.1 Å².